The van der Waals surface area contributed by atoms with Gasteiger partial charge in [-0.25, -0.2) is 8.70 Å². The van der Waals surface area contributed by atoms with Crippen LogP contribution in [-0.2, 0) is 26.3 Å². The van der Waals surface area contributed by atoms with Crippen LogP contribution in [0.1, 0.15) is 26.3 Å². The highest BCUT2D eigenvalue weighted by molar-refractivity contribution is 7.90. The number of nitrogens with one attached hydrogen (secondary N) is 1. The van der Waals surface area contributed by atoms with Crippen molar-refractivity contribution < 1.29 is 22.4 Å². The second-order valence-corrected chi connectivity index (χ2v) is 10.7. The molecule has 0 aromatic heterocycles. The zero-order valence-electron chi connectivity index (χ0n) is 20.2. The fraction of sp³-hybridized carbons (Fsp3) is 0.417. The molecule has 0 unspecified atom stereocenters. The Morgan fingerprint density at radius 3 is 2.09 bits per heavy atom. The quantitative estimate of drug-likeness (QED) is 0.522. The predicted octanol–water partition coefficient (Wildman–Crippen LogP) is 2.63. The molecule has 1 N–H and O–H groups in total. The van der Waals surface area contributed by atoms with Crippen LogP contribution < -0.4 is 9.62 Å². The van der Waals surface area contributed by atoms with Gasteiger partial charge in [-0.3, -0.25) is 9.59 Å². The molecule has 0 aliphatic rings. The Labute approximate surface area is 201 Å². The van der Waals surface area contributed by atoms with Crippen molar-refractivity contribution in [3.63, 3.8) is 0 Å². The molecule has 2 aromatic carbocycles. The van der Waals surface area contributed by atoms with Crippen molar-refractivity contribution in [2.45, 2.75) is 33.4 Å². The summed E-state index contributed by atoms with van der Waals surface area (Å²) in [6.07, 6.45) is 0. The van der Waals surface area contributed by atoms with Crippen molar-refractivity contribution >= 4 is 27.7 Å². The van der Waals surface area contributed by atoms with Crippen molar-refractivity contribution in [2.75, 3.05) is 31.5 Å². The van der Waals surface area contributed by atoms with Gasteiger partial charge in [0.25, 0.3) is 0 Å². The van der Waals surface area contributed by atoms with Gasteiger partial charge in [-0.1, -0.05) is 44.2 Å². The van der Waals surface area contributed by atoms with E-state index in [9.17, 15) is 22.4 Å². The zero-order chi connectivity index (χ0) is 25.5. The summed E-state index contributed by atoms with van der Waals surface area (Å²) in [6.45, 7) is 5.44. The Kier molecular flexibility index (Phi) is 9.57. The molecule has 0 fully saturated rings. The van der Waals surface area contributed by atoms with E-state index in [0.717, 1.165) is 8.61 Å². The molecule has 2 rings (SSSR count). The standard InChI is InChI=1S/C24H33FN4O4S/c1-18(2)15-26-24(31)19(3)28(16-20-11-13-21(25)14-12-20)23(30)17-29(34(32,33)27(4)5)22-9-7-6-8-10-22/h6-14,18-19H,15-17H2,1-5H3,(H,26,31)/t19-/m1/s1. The van der Waals surface area contributed by atoms with Gasteiger partial charge in [-0.15, -0.1) is 0 Å². The number of halogens is 1. The SMILES string of the molecule is CC(C)CNC(=O)[C@@H](C)N(Cc1ccc(F)cc1)C(=O)CN(c1ccccc1)S(=O)(=O)N(C)C. The number of anilines is 1. The molecule has 0 saturated heterocycles. The lowest BCUT2D eigenvalue weighted by Crippen LogP contribution is -2.52. The number of hydrogen-bond acceptors (Lipinski definition) is 4. The van der Waals surface area contributed by atoms with Gasteiger partial charge in [0, 0.05) is 27.2 Å². The van der Waals surface area contributed by atoms with E-state index in [-0.39, 0.29) is 18.4 Å². The fourth-order valence-electron chi connectivity index (χ4n) is 3.13. The van der Waals surface area contributed by atoms with Crippen LogP contribution in [0, 0.1) is 11.7 Å². The van der Waals surface area contributed by atoms with Crippen molar-refractivity contribution in [2.24, 2.45) is 5.92 Å². The lowest BCUT2D eigenvalue weighted by atomic mass is 10.1. The smallest absolute Gasteiger partial charge is 0.304 e. The first-order chi connectivity index (χ1) is 15.9. The highest BCUT2D eigenvalue weighted by Gasteiger charge is 2.32. The molecule has 0 spiro atoms. The maximum absolute atomic E-state index is 13.5. The average Bonchev–Trinajstić information content (AvgIpc) is 2.80. The van der Waals surface area contributed by atoms with E-state index in [1.807, 2.05) is 13.8 Å². The van der Waals surface area contributed by atoms with Gasteiger partial charge in [0.05, 0.1) is 5.69 Å². The monoisotopic (exact) mass is 492 g/mol. The number of rotatable bonds is 11. The van der Waals surface area contributed by atoms with Gasteiger partial charge in [-0.2, -0.15) is 12.7 Å². The van der Waals surface area contributed by atoms with Crippen molar-refractivity contribution in [1.82, 2.24) is 14.5 Å². The first-order valence-electron chi connectivity index (χ1n) is 11.0. The normalized spacial score (nSPS) is 12.5. The minimum atomic E-state index is -4.00. The summed E-state index contributed by atoms with van der Waals surface area (Å²) in [5.74, 6) is -1.12. The summed E-state index contributed by atoms with van der Waals surface area (Å²) in [5.41, 5.74) is 0.934. The number of hydrogen-bond donors (Lipinski definition) is 1. The van der Waals surface area contributed by atoms with E-state index < -0.39 is 34.5 Å². The second-order valence-electron chi connectivity index (χ2n) is 8.60. The molecule has 186 valence electrons. The van der Waals surface area contributed by atoms with Gasteiger partial charge in [0.2, 0.25) is 11.8 Å². The predicted molar refractivity (Wildman–Crippen MR) is 131 cm³/mol. The molecule has 0 aliphatic heterocycles. The van der Waals surface area contributed by atoms with Gasteiger partial charge in [0.15, 0.2) is 0 Å². The maximum atomic E-state index is 13.5. The molecular weight excluding hydrogens is 459 g/mol. The van der Waals surface area contributed by atoms with Crippen LogP contribution in [0.4, 0.5) is 10.1 Å². The Bertz CT molecular complexity index is 1060. The lowest BCUT2D eigenvalue weighted by Gasteiger charge is -2.33. The van der Waals surface area contributed by atoms with Gasteiger partial charge in [-0.05, 0) is 42.7 Å². The molecule has 0 aliphatic carbocycles. The van der Waals surface area contributed by atoms with Crippen LogP contribution in [0.3, 0.4) is 0 Å². The topological polar surface area (TPSA) is 90.0 Å². The van der Waals surface area contributed by atoms with E-state index in [1.165, 1.54) is 43.3 Å². The van der Waals surface area contributed by atoms with Crippen LogP contribution in [-0.4, -0.2) is 62.7 Å². The maximum Gasteiger partial charge on any atom is 0.304 e. The van der Waals surface area contributed by atoms with E-state index in [2.05, 4.69) is 5.32 Å². The van der Waals surface area contributed by atoms with Crippen LogP contribution in [0.5, 0.6) is 0 Å². The minimum absolute atomic E-state index is 0.0139. The van der Waals surface area contributed by atoms with Crippen molar-refractivity contribution in [3.8, 4) is 0 Å². The molecule has 0 saturated carbocycles. The number of nitrogens with zero attached hydrogens (tertiary/aromatic N) is 3. The first kappa shape index (κ1) is 27.3. The lowest BCUT2D eigenvalue weighted by molar-refractivity contribution is -0.139. The fourth-order valence-corrected chi connectivity index (χ4v) is 4.19. The third-order valence-electron chi connectivity index (χ3n) is 5.18. The van der Waals surface area contributed by atoms with Gasteiger partial charge < -0.3 is 10.2 Å². The summed E-state index contributed by atoms with van der Waals surface area (Å²) >= 11 is 0. The number of para-hydroxylation sites is 1. The van der Waals surface area contributed by atoms with Gasteiger partial charge in [0.1, 0.15) is 18.4 Å². The highest BCUT2D eigenvalue weighted by Crippen LogP contribution is 2.20. The Morgan fingerprint density at radius 2 is 1.56 bits per heavy atom. The number of carbonyl (C=O) groups excluding carboxylic acids is 2. The minimum Gasteiger partial charge on any atom is -0.354 e. The third-order valence-corrected chi connectivity index (χ3v) is 7.00. The molecule has 0 bridgehead atoms. The first-order valence-corrected chi connectivity index (χ1v) is 12.4. The van der Waals surface area contributed by atoms with E-state index in [4.69, 9.17) is 0 Å². The summed E-state index contributed by atoms with van der Waals surface area (Å²) in [7, 11) is -1.23. The summed E-state index contributed by atoms with van der Waals surface area (Å²) in [5, 5.41) is 2.81. The summed E-state index contributed by atoms with van der Waals surface area (Å²) < 4.78 is 41.5. The van der Waals surface area contributed by atoms with E-state index in [1.54, 1.807) is 37.3 Å². The number of amides is 2. The molecule has 2 amide bonds. The largest absolute Gasteiger partial charge is 0.354 e. The van der Waals surface area contributed by atoms with Crippen LogP contribution in [0.15, 0.2) is 54.6 Å². The Morgan fingerprint density at radius 1 is 0.971 bits per heavy atom. The summed E-state index contributed by atoms with van der Waals surface area (Å²) in [6, 6.07) is 13.0. The Balaban J connectivity index is 2.39. The average molecular weight is 493 g/mol. The van der Waals surface area contributed by atoms with E-state index >= 15 is 0 Å². The molecule has 34 heavy (non-hydrogen) atoms. The Hall–Kier alpha value is -2.98. The summed E-state index contributed by atoms with van der Waals surface area (Å²) in [4.78, 5) is 27.6. The molecule has 0 heterocycles. The molecule has 1 atom stereocenters. The molecule has 0 radical (unpaired) electrons. The molecule has 2 aromatic rings. The van der Waals surface area contributed by atoms with Crippen LogP contribution in [0.25, 0.3) is 0 Å². The third kappa shape index (κ3) is 7.26. The van der Waals surface area contributed by atoms with Crippen molar-refractivity contribution in [3.05, 3.63) is 66.0 Å². The van der Waals surface area contributed by atoms with Crippen molar-refractivity contribution in [1.29, 1.82) is 0 Å². The second kappa shape index (κ2) is 11.9. The molecule has 10 heteroatoms. The number of carbonyl (C=O) groups is 2. The van der Waals surface area contributed by atoms with Crippen LogP contribution in [0.2, 0.25) is 0 Å². The molecule has 8 nitrogen and oxygen atoms in total. The zero-order valence-corrected chi connectivity index (χ0v) is 21.0. The molecular formula is C24H33FN4O4S. The van der Waals surface area contributed by atoms with Crippen LogP contribution >= 0.6 is 0 Å². The van der Waals surface area contributed by atoms with Gasteiger partial charge >= 0.3 is 10.2 Å². The van der Waals surface area contributed by atoms with E-state index in [0.29, 0.717) is 17.8 Å². The number of benzene rings is 2. The highest BCUT2D eigenvalue weighted by atomic mass is 32.2.